The van der Waals surface area contributed by atoms with E-state index in [-0.39, 0.29) is 16.8 Å². The van der Waals surface area contributed by atoms with Gasteiger partial charge in [0.1, 0.15) is 10.7 Å². The van der Waals surface area contributed by atoms with Crippen molar-refractivity contribution in [1.82, 2.24) is 5.32 Å². The maximum Gasteiger partial charge on any atom is 0.310 e. The van der Waals surface area contributed by atoms with Gasteiger partial charge < -0.3 is 10.2 Å². The Labute approximate surface area is 111 Å². The molecule has 1 atom stereocenters. The minimum Gasteiger partial charge on any atom is -0.365 e. The van der Waals surface area contributed by atoms with Crippen molar-refractivity contribution in [1.29, 1.82) is 0 Å². The number of halogens is 1. The number of nitrogens with one attached hydrogen (secondary N) is 1. The highest BCUT2D eigenvalue weighted by Crippen LogP contribution is 2.35. The number of rotatable bonds is 3. The van der Waals surface area contributed by atoms with E-state index in [1.165, 1.54) is 0 Å². The van der Waals surface area contributed by atoms with Crippen molar-refractivity contribution in [3.05, 3.63) is 33.3 Å². The Morgan fingerprint density at radius 2 is 2.33 bits per heavy atom. The highest BCUT2D eigenvalue weighted by molar-refractivity contribution is 6.33. The summed E-state index contributed by atoms with van der Waals surface area (Å²) in [7, 11) is 1.89. The fourth-order valence-electron chi connectivity index (χ4n) is 2.33. The number of hydrogen-bond acceptors (Lipinski definition) is 4. The summed E-state index contributed by atoms with van der Waals surface area (Å²) in [5, 5.41) is 14.6. The van der Waals surface area contributed by atoms with E-state index in [0.29, 0.717) is 5.69 Å². The average Bonchev–Trinajstić information content (AvgIpc) is 2.38. The number of benzene rings is 1. The lowest BCUT2D eigenvalue weighted by atomic mass is 10.1. The first kappa shape index (κ1) is 13.1. The summed E-state index contributed by atoms with van der Waals surface area (Å²) in [5.41, 5.74) is 0.577. The molecule has 0 bridgehead atoms. The number of nitro groups is 1. The predicted octanol–water partition coefficient (Wildman–Crippen LogP) is 2.44. The Balaban J connectivity index is 2.31. The SMILES string of the molecule is CN(c1cccc(Cl)c1[N+](=O)[O-])C1CCCNC1. The number of piperidine rings is 1. The van der Waals surface area contributed by atoms with E-state index in [9.17, 15) is 10.1 Å². The van der Waals surface area contributed by atoms with Crippen LogP contribution in [0.3, 0.4) is 0 Å². The van der Waals surface area contributed by atoms with Gasteiger partial charge in [-0.15, -0.1) is 0 Å². The highest BCUT2D eigenvalue weighted by atomic mass is 35.5. The molecule has 5 nitrogen and oxygen atoms in total. The second kappa shape index (κ2) is 5.54. The molecule has 1 unspecified atom stereocenters. The maximum absolute atomic E-state index is 11.1. The predicted molar refractivity (Wildman–Crippen MR) is 72.4 cm³/mol. The third kappa shape index (κ3) is 2.57. The van der Waals surface area contributed by atoms with Gasteiger partial charge in [-0.1, -0.05) is 17.7 Å². The molecule has 1 heterocycles. The van der Waals surface area contributed by atoms with E-state index < -0.39 is 4.92 Å². The lowest BCUT2D eigenvalue weighted by Gasteiger charge is -2.33. The molecule has 2 rings (SSSR count). The molecule has 98 valence electrons. The van der Waals surface area contributed by atoms with Crippen molar-refractivity contribution >= 4 is 23.0 Å². The van der Waals surface area contributed by atoms with Gasteiger partial charge in [-0.25, -0.2) is 0 Å². The summed E-state index contributed by atoms with van der Waals surface area (Å²) in [6.07, 6.45) is 2.12. The van der Waals surface area contributed by atoms with E-state index in [2.05, 4.69) is 5.32 Å². The third-order valence-electron chi connectivity index (χ3n) is 3.35. The van der Waals surface area contributed by atoms with E-state index in [4.69, 9.17) is 11.6 Å². The molecule has 0 spiro atoms. The average molecular weight is 270 g/mol. The second-order valence-corrected chi connectivity index (χ2v) is 4.88. The van der Waals surface area contributed by atoms with Crippen LogP contribution in [0, 0.1) is 10.1 Å². The normalized spacial score (nSPS) is 19.6. The summed E-state index contributed by atoms with van der Waals surface area (Å²) in [6, 6.07) is 5.32. The van der Waals surface area contributed by atoms with Crippen molar-refractivity contribution in [2.75, 3.05) is 25.0 Å². The first-order chi connectivity index (χ1) is 8.61. The smallest absolute Gasteiger partial charge is 0.310 e. The van der Waals surface area contributed by atoms with E-state index >= 15 is 0 Å². The Hall–Kier alpha value is -1.33. The summed E-state index contributed by atoms with van der Waals surface area (Å²) >= 11 is 5.92. The molecule has 0 radical (unpaired) electrons. The zero-order valence-electron chi connectivity index (χ0n) is 10.2. The largest absolute Gasteiger partial charge is 0.365 e. The van der Waals surface area contributed by atoms with Crippen LogP contribution in [0.1, 0.15) is 12.8 Å². The van der Waals surface area contributed by atoms with Crippen LogP contribution in [0.15, 0.2) is 18.2 Å². The molecule has 0 amide bonds. The standard InChI is InChI=1S/C12H16ClN3O2/c1-15(9-4-3-7-14-8-9)11-6-2-5-10(13)12(11)16(17)18/h2,5-6,9,14H,3-4,7-8H2,1H3. The summed E-state index contributed by atoms with van der Waals surface area (Å²) in [6.45, 7) is 1.86. The first-order valence-corrected chi connectivity index (χ1v) is 6.35. The maximum atomic E-state index is 11.1. The zero-order valence-corrected chi connectivity index (χ0v) is 11.0. The van der Waals surface area contributed by atoms with Crippen LogP contribution in [-0.4, -0.2) is 31.1 Å². The van der Waals surface area contributed by atoms with Crippen molar-refractivity contribution in [2.45, 2.75) is 18.9 Å². The van der Waals surface area contributed by atoms with Gasteiger partial charge in [-0.3, -0.25) is 10.1 Å². The highest BCUT2D eigenvalue weighted by Gasteiger charge is 2.26. The molecule has 0 aromatic heterocycles. The van der Waals surface area contributed by atoms with Gasteiger partial charge in [0.05, 0.1) is 4.92 Å². The van der Waals surface area contributed by atoms with Crippen LogP contribution in [0.2, 0.25) is 5.02 Å². The molecule has 1 fully saturated rings. The summed E-state index contributed by atoms with van der Waals surface area (Å²) in [4.78, 5) is 12.7. The number of nitro benzene ring substituents is 1. The fraction of sp³-hybridized carbons (Fsp3) is 0.500. The Bertz CT molecular complexity index is 447. The molecule has 6 heteroatoms. The Morgan fingerprint density at radius 3 is 2.94 bits per heavy atom. The van der Waals surface area contributed by atoms with Crippen molar-refractivity contribution in [3.63, 3.8) is 0 Å². The van der Waals surface area contributed by atoms with Crippen LogP contribution < -0.4 is 10.2 Å². The second-order valence-electron chi connectivity index (χ2n) is 4.48. The van der Waals surface area contributed by atoms with Gasteiger partial charge in [-0.05, 0) is 31.5 Å². The fourth-order valence-corrected chi connectivity index (χ4v) is 2.57. The Morgan fingerprint density at radius 1 is 1.56 bits per heavy atom. The van der Waals surface area contributed by atoms with Gasteiger partial charge in [0.2, 0.25) is 0 Å². The van der Waals surface area contributed by atoms with Crippen molar-refractivity contribution < 1.29 is 4.92 Å². The summed E-state index contributed by atoms with van der Waals surface area (Å²) in [5.74, 6) is 0. The van der Waals surface area contributed by atoms with Gasteiger partial charge in [-0.2, -0.15) is 0 Å². The minimum absolute atomic E-state index is 0.00719. The third-order valence-corrected chi connectivity index (χ3v) is 3.65. The van der Waals surface area contributed by atoms with Crippen LogP contribution >= 0.6 is 11.6 Å². The molecule has 0 saturated carbocycles. The number of likely N-dealkylation sites (N-methyl/N-ethyl adjacent to an activating group) is 1. The number of para-hydroxylation sites is 1. The van der Waals surface area contributed by atoms with Gasteiger partial charge >= 0.3 is 5.69 Å². The molecular formula is C12H16ClN3O2. The van der Waals surface area contributed by atoms with Crippen molar-refractivity contribution in [2.24, 2.45) is 0 Å². The molecule has 1 aliphatic rings. The van der Waals surface area contributed by atoms with Gasteiger partial charge in [0, 0.05) is 19.6 Å². The van der Waals surface area contributed by atoms with E-state index in [1.54, 1.807) is 18.2 Å². The molecule has 1 aromatic rings. The molecule has 1 aromatic carbocycles. The van der Waals surface area contributed by atoms with Crippen LogP contribution in [0.25, 0.3) is 0 Å². The number of nitrogens with zero attached hydrogens (tertiary/aromatic N) is 2. The quantitative estimate of drug-likeness (QED) is 0.676. The molecule has 1 aliphatic heterocycles. The number of hydrogen-bond donors (Lipinski definition) is 1. The minimum atomic E-state index is -0.412. The zero-order chi connectivity index (χ0) is 13.1. The molecular weight excluding hydrogens is 254 g/mol. The van der Waals surface area contributed by atoms with Crippen LogP contribution in [0.4, 0.5) is 11.4 Å². The van der Waals surface area contributed by atoms with Crippen LogP contribution in [-0.2, 0) is 0 Å². The molecule has 1 saturated heterocycles. The monoisotopic (exact) mass is 269 g/mol. The van der Waals surface area contributed by atoms with E-state index in [0.717, 1.165) is 25.9 Å². The lowest BCUT2D eigenvalue weighted by Crippen LogP contribution is -2.44. The van der Waals surface area contributed by atoms with Crippen LogP contribution in [0.5, 0.6) is 0 Å². The lowest BCUT2D eigenvalue weighted by molar-refractivity contribution is -0.384. The first-order valence-electron chi connectivity index (χ1n) is 5.97. The Kier molecular flexibility index (Phi) is 4.04. The molecule has 0 aliphatic carbocycles. The van der Waals surface area contributed by atoms with E-state index in [1.807, 2.05) is 11.9 Å². The number of anilines is 1. The molecule has 1 N–H and O–H groups in total. The molecule has 18 heavy (non-hydrogen) atoms. The van der Waals surface area contributed by atoms with Gasteiger partial charge in [0.15, 0.2) is 0 Å². The van der Waals surface area contributed by atoms with Crippen molar-refractivity contribution in [3.8, 4) is 0 Å². The topological polar surface area (TPSA) is 58.4 Å². The van der Waals surface area contributed by atoms with Gasteiger partial charge in [0.25, 0.3) is 0 Å². The summed E-state index contributed by atoms with van der Waals surface area (Å²) < 4.78 is 0.